The lowest BCUT2D eigenvalue weighted by atomic mass is 9.81. The van der Waals surface area contributed by atoms with Gasteiger partial charge in [-0.3, -0.25) is 0 Å². The molecule has 2 aromatic carbocycles. The van der Waals surface area contributed by atoms with Crippen LogP contribution in [0.1, 0.15) is 61.3 Å². The van der Waals surface area contributed by atoms with Gasteiger partial charge in [-0.05, 0) is 73.1 Å². The number of hydrogen-bond donors (Lipinski definition) is 0. The molecule has 0 unspecified atom stereocenters. The predicted octanol–water partition coefficient (Wildman–Crippen LogP) is 6.51. The first-order valence-corrected chi connectivity index (χ1v) is 11.7. The van der Waals surface area contributed by atoms with E-state index in [1.807, 2.05) is 0 Å². The van der Waals surface area contributed by atoms with Crippen LogP contribution in [-0.4, -0.2) is 19.5 Å². The molecule has 2 heteroatoms. The minimum Gasteiger partial charge on any atom is -0.352 e. The molecule has 1 heterocycles. The maximum atomic E-state index is 6.07. The van der Waals surface area contributed by atoms with Gasteiger partial charge in [0.1, 0.15) is 0 Å². The minimum absolute atomic E-state index is 0.0974. The van der Waals surface area contributed by atoms with Crippen molar-refractivity contribution in [2.45, 2.75) is 64.6 Å². The summed E-state index contributed by atoms with van der Waals surface area (Å²) in [4.78, 5) is 0. The van der Waals surface area contributed by atoms with Crippen molar-refractivity contribution >= 4 is 0 Å². The van der Waals surface area contributed by atoms with Crippen LogP contribution in [0.25, 0.3) is 0 Å². The van der Waals surface area contributed by atoms with Crippen molar-refractivity contribution in [1.82, 2.24) is 0 Å². The second-order valence-corrected chi connectivity index (χ2v) is 9.26. The molecule has 2 nitrogen and oxygen atoms in total. The Kier molecular flexibility index (Phi) is 7.41. The third-order valence-corrected chi connectivity index (χ3v) is 6.78. The molecule has 0 bridgehead atoms. The molecule has 2 aromatic rings. The van der Waals surface area contributed by atoms with E-state index in [9.17, 15) is 0 Å². The summed E-state index contributed by atoms with van der Waals surface area (Å²) in [7, 11) is 0. The fourth-order valence-electron chi connectivity index (χ4n) is 4.74. The van der Waals surface area contributed by atoms with E-state index in [1.54, 1.807) is 0 Å². The zero-order valence-corrected chi connectivity index (χ0v) is 18.4. The molecule has 0 N–H and O–H groups in total. The molecule has 30 heavy (non-hydrogen) atoms. The highest BCUT2D eigenvalue weighted by Crippen LogP contribution is 2.32. The molecule has 0 radical (unpaired) electrons. The number of ether oxygens (including phenoxy) is 2. The number of benzene rings is 2. The van der Waals surface area contributed by atoms with E-state index >= 15 is 0 Å². The topological polar surface area (TPSA) is 18.5 Å². The molecule has 0 amide bonds. The number of allylic oxidation sites excluding steroid dienone is 1. The molecule has 0 aromatic heterocycles. The Morgan fingerprint density at radius 3 is 1.87 bits per heavy atom. The Bertz CT molecular complexity index is 788. The molecule has 1 aliphatic heterocycles. The van der Waals surface area contributed by atoms with E-state index in [-0.39, 0.29) is 6.29 Å². The molecule has 1 aliphatic carbocycles. The molecule has 2 fully saturated rings. The molecule has 1 saturated carbocycles. The molecule has 160 valence electrons. The van der Waals surface area contributed by atoms with Crippen LogP contribution in [0.5, 0.6) is 0 Å². The van der Waals surface area contributed by atoms with Gasteiger partial charge >= 0.3 is 0 Å². The third-order valence-electron chi connectivity index (χ3n) is 6.78. The summed E-state index contributed by atoms with van der Waals surface area (Å²) in [6.07, 6.45) is 9.08. The minimum atomic E-state index is -0.0974. The average Bonchev–Trinajstić information content (AvgIpc) is 2.78. The highest BCUT2D eigenvalue weighted by atomic mass is 16.7. The van der Waals surface area contributed by atoms with Gasteiger partial charge in [-0.15, -0.1) is 0 Å². The van der Waals surface area contributed by atoms with Crippen molar-refractivity contribution in [2.75, 3.05) is 13.2 Å². The van der Waals surface area contributed by atoms with Gasteiger partial charge in [0.2, 0.25) is 0 Å². The molecule has 2 aliphatic rings. The fourth-order valence-corrected chi connectivity index (χ4v) is 4.74. The van der Waals surface area contributed by atoms with E-state index in [1.165, 1.54) is 59.9 Å². The Morgan fingerprint density at radius 1 is 0.767 bits per heavy atom. The summed E-state index contributed by atoms with van der Waals surface area (Å²) in [5.74, 6) is 1.38. The van der Waals surface area contributed by atoms with E-state index in [0.717, 1.165) is 38.4 Å². The molecule has 1 saturated heterocycles. The monoisotopic (exact) mass is 404 g/mol. The van der Waals surface area contributed by atoms with Gasteiger partial charge in [0.25, 0.3) is 0 Å². The van der Waals surface area contributed by atoms with Crippen molar-refractivity contribution in [3.05, 3.63) is 82.9 Å². The summed E-state index contributed by atoms with van der Waals surface area (Å²) in [6, 6.07) is 17.9. The summed E-state index contributed by atoms with van der Waals surface area (Å²) < 4.78 is 12.1. The van der Waals surface area contributed by atoms with Crippen molar-refractivity contribution < 1.29 is 9.47 Å². The van der Waals surface area contributed by atoms with Crippen LogP contribution in [0.15, 0.2) is 60.7 Å². The zero-order valence-electron chi connectivity index (χ0n) is 18.4. The maximum absolute atomic E-state index is 6.07. The summed E-state index contributed by atoms with van der Waals surface area (Å²) in [5.41, 5.74) is 6.83. The molecule has 4 rings (SSSR count). The first-order chi connectivity index (χ1) is 14.7. The van der Waals surface area contributed by atoms with E-state index in [2.05, 4.69) is 62.0 Å². The van der Waals surface area contributed by atoms with Gasteiger partial charge in [0, 0.05) is 12.3 Å². The molecule has 0 atom stereocenters. The van der Waals surface area contributed by atoms with Crippen molar-refractivity contribution in [3.8, 4) is 0 Å². The molecule has 0 spiro atoms. The van der Waals surface area contributed by atoms with Crippen LogP contribution in [0, 0.1) is 11.8 Å². The second kappa shape index (κ2) is 10.4. The van der Waals surface area contributed by atoms with E-state index < -0.39 is 0 Å². The fraction of sp³-hybridized carbons (Fsp3) is 0.500. The number of hydrogen-bond acceptors (Lipinski definition) is 2. The lowest BCUT2D eigenvalue weighted by molar-refractivity contribution is -0.201. The predicted molar refractivity (Wildman–Crippen MR) is 124 cm³/mol. The van der Waals surface area contributed by atoms with E-state index in [4.69, 9.17) is 9.47 Å². The Balaban J connectivity index is 1.21. The lowest BCUT2D eigenvalue weighted by Crippen LogP contribution is -2.34. The van der Waals surface area contributed by atoms with Crippen LogP contribution >= 0.6 is 0 Å². The SMILES string of the molecule is C=C1CCC(CC2COC(Cc3ccc(Cc4ccc(CC)cc4)cc3)OC2)CC1. The van der Waals surface area contributed by atoms with Crippen molar-refractivity contribution in [2.24, 2.45) is 11.8 Å². The largest absolute Gasteiger partial charge is 0.352 e. The number of rotatable bonds is 7. The normalized spacial score (nSPS) is 22.9. The van der Waals surface area contributed by atoms with Crippen LogP contribution in [0.3, 0.4) is 0 Å². The van der Waals surface area contributed by atoms with Gasteiger partial charge in [0.05, 0.1) is 13.2 Å². The standard InChI is InChI=1S/C28H36O2/c1-3-22-8-10-24(11-9-22)16-25-12-14-26(15-13-25)18-28-29-19-27(20-30-28)17-23-6-4-21(2)5-7-23/h8-15,23,27-28H,2-7,16-20H2,1H3. The Hall–Kier alpha value is -1.90. The van der Waals surface area contributed by atoms with Crippen LogP contribution < -0.4 is 0 Å². The lowest BCUT2D eigenvalue weighted by Gasteiger charge is -2.33. The number of aryl methyl sites for hydroxylation is 1. The highest BCUT2D eigenvalue weighted by Gasteiger charge is 2.26. The Labute approximate surface area is 182 Å². The van der Waals surface area contributed by atoms with Gasteiger partial charge in [-0.1, -0.05) is 67.6 Å². The van der Waals surface area contributed by atoms with Crippen LogP contribution in [0.2, 0.25) is 0 Å². The van der Waals surface area contributed by atoms with Crippen LogP contribution in [-0.2, 0) is 28.7 Å². The quantitative estimate of drug-likeness (QED) is 0.490. The van der Waals surface area contributed by atoms with Gasteiger partial charge in [-0.2, -0.15) is 0 Å². The maximum Gasteiger partial charge on any atom is 0.161 e. The van der Waals surface area contributed by atoms with Crippen molar-refractivity contribution in [3.63, 3.8) is 0 Å². The smallest absolute Gasteiger partial charge is 0.161 e. The van der Waals surface area contributed by atoms with Crippen LogP contribution in [0.4, 0.5) is 0 Å². The summed E-state index contributed by atoms with van der Waals surface area (Å²) in [6.45, 7) is 8.01. The van der Waals surface area contributed by atoms with Gasteiger partial charge in [-0.25, -0.2) is 0 Å². The Morgan fingerprint density at radius 2 is 1.30 bits per heavy atom. The molecular formula is C28H36O2. The summed E-state index contributed by atoms with van der Waals surface area (Å²) >= 11 is 0. The van der Waals surface area contributed by atoms with Gasteiger partial charge < -0.3 is 9.47 Å². The zero-order chi connectivity index (χ0) is 20.8. The third kappa shape index (κ3) is 6.06. The highest BCUT2D eigenvalue weighted by molar-refractivity contribution is 5.30. The molecular weight excluding hydrogens is 368 g/mol. The first-order valence-electron chi connectivity index (χ1n) is 11.7. The average molecular weight is 405 g/mol. The van der Waals surface area contributed by atoms with Gasteiger partial charge in [0.15, 0.2) is 6.29 Å². The first kappa shape index (κ1) is 21.3. The van der Waals surface area contributed by atoms with Crippen molar-refractivity contribution in [1.29, 1.82) is 0 Å². The van der Waals surface area contributed by atoms with E-state index in [0.29, 0.717) is 5.92 Å². The second-order valence-electron chi connectivity index (χ2n) is 9.26. The summed E-state index contributed by atoms with van der Waals surface area (Å²) in [5, 5.41) is 0.